The Labute approximate surface area is 96.2 Å². The van der Waals surface area contributed by atoms with Gasteiger partial charge in [0.05, 0.1) is 17.9 Å². The highest BCUT2D eigenvalue weighted by atomic mass is 16.1. The van der Waals surface area contributed by atoms with Crippen LogP contribution >= 0.6 is 0 Å². The summed E-state index contributed by atoms with van der Waals surface area (Å²) in [7, 11) is 1.90. The lowest BCUT2D eigenvalue weighted by atomic mass is 10.3. The van der Waals surface area contributed by atoms with Crippen molar-refractivity contribution in [1.29, 1.82) is 0 Å². The first kappa shape index (κ1) is 12.7. The van der Waals surface area contributed by atoms with E-state index < -0.39 is 0 Å². The van der Waals surface area contributed by atoms with Crippen LogP contribution in [0.1, 0.15) is 25.2 Å². The zero-order valence-corrected chi connectivity index (χ0v) is 10.4. The molecule has 1 heterocycles. The molecule has 0 bridgehead atoms. The van der Waals surface area contributed by atoms with Gasteiger partial charge in [-0.25, -0.2) is 0 Å². The minimum Gasteiger partial charge on any atom is -0.353 e. The van der Waals surface area contributed by atoms with Crippen molar-refractivity contribution in [3.8, 4) is 0 Å². The zero-order valence-electron chi connectivity index (χ0n) is 10.4. The SMILES string of the molecule is Cc1cc(CNCC(=O)NC(C)C)n(C)n1. The molecule has 0 aliphatic rings. The quantitative estimate of drug-likeness (QED) is 0.758. The Hall–Kier alpha value is -1.36. The average molecular weight is 224 g/mol. The summed E-state index contributed by atoms with van der Waals surface area (Å²) in [6.45, 7) is 6.84. The molecular weight excluding hydrogens is 204 g/mol. The van der Waals surface area contributed by atoms with E-state index in [9.17, 15) is 4.79 Å². The highest BCUT2D eigenvalue weighted by Gasteiger charge is 2.04. The highest BCUT2D eigenvalue weighted by Crippen LogP contribution is 2.00. The molecule has 0 fully saturated rings. The van der Waals surface area contributed by atoms with Gasteiger partial charge in [0.15, 0.2) is 0 Å². The number of rotatable bonds is 5. The van der Waals surface area contributed by atoms with Gasteiger partial charge in [-0.15, -0.1) is 0 Å². The van der Waals surface area contributed by atoms with Gasteiger partial charge in [0.1, 0.15) is 0 Å². The van der Waals surface area contributed by atoms with Crippen molar-refractivity contribution in [2.24, 2.45) is 7.05 Å². The van der Waals surface area contributed by atoms with Crippen molar-refractivity contribution >= 4 is 5.91 Å². The van der Waals surface area contributed by atoms with Crippen LogP contribution in [0.2, 0.25) is 0 Å². The number of carbonyl (C=O) groups is 1. The van der Waals surface area contributed by atoms with Crippen molar-refractivity contribution < 1.29 is 4.79 Å². The number of nitrogens with zero attached hydrogens (tertiary/aromatic N) is 2. The van der Waals surface area contributed by atoms with Gasteiger partial charge in [-0.3, -0.25) is 9.48 Å². The van der Waals surface area contributed by atoms with Crippen LogP contribution in [-0.4, -0.2) is 28.3 Å². The van der Waals surface area contributed by atoms with Gasteiger partial charge in [-0.1, -0.05) is 0 Å². The largest absolute Gasteiger partial charge is 0.353 e. The fourth-order valence-electron chi connectivity index (χ4n) is 1.51. The fourth-order valence-corrected chi connectivity index (χ4v) is 1.51. The molecule has 0 radical (unpaired) electrons. The Kier molecular flexibility index (Phi) is 4.49. The number of carbonyl (C=O) groups excluding carboxylic acids is 1. The third kappa shape index (κ3) is 4.02. The molecule has 0 spiro atoms. The standard InChI is InChI=1S/C11H20N4O/c1-8(2)13-11(16)7-12-6-10-5-9(3)14-15(10)4/h5,8,12H,6-7H2,1-4H3,(H,13,16). The number of hydrogen-bond acceptors (Lipinski definition) is 3. The summed E-state index contributed by atoms with van der Waals surface area (Å²) in [5, 5.41) is 10.1. The van der Waals surface area contributed by atoms with Crippen molar-refractivity contribution in [2.75, 3.05) is 6.54 Å². The van der Waals surface area contributed by atoms with Crippen molar-refractivity contribution in [3.05, 3.63) is 17.5 Å². The molecule has 0 aliphatic carbocycles. The van der Waals surface area contributed by atoms with E-state index in [1.54, 1.807) is 0 Å². The van der Waals surface area contributed by atoms with Crippen LogP contribution in [0.3, 0.4) is 0 Å². The number of hydrogen-bond donors (Lipinski definition) is 2. The lowest BCUT2D eigenvalue weighted by Gasteiger charge is -2.09. The lowest BCUT2D eigenvalue weighted by Crippen LogP contribution is -2.37. The second-order valence-electron chi connectivity index (χ2n) is 4.23. The van der Waals surface area contributed by atoms with Gasteiger partial charge >= 0.3 is 0 Å². The molecule has 0 aliphatic heterocycles. The minimum absolute atomic E-state index is 0.0221. The van der Waals surface area contributed by atoms with E-state index >= 15 is 0 Å². The fraction of sp³-hybridized carbons (Fsp3) is 0.636. The Morgan fingerprint density at radius 3 is 2.75 bits per heavy atom. The number of amides is 1. The summed E-state index contributed by atoms with van der Waals surface area (Å²) < 4.78 is 1.82. The van der Waals surface area contributed by atoms with E-state index in [1.165, 1.54) is 0 Å². The molecule has 5 heteroatoms. The molecule has 2 N–H and O–H groups in total. The van der Waals surface area contributed by atoms with Crippen molar-refractivity contribution in [2.45, 2.75) is 33.4 Å². The van der Waals surface area contributed by atoms with Crippen LogP contribution in [0.4, 0.5) is 0 Å². The predicted molar refractivity (Wildman–Crippen MR) is 62.9 cm³/mol. The summed E-state index contributed by atoms with van der Waals surface area (Å²) >= 11 is 0. The van der Waals surface area contributed by atoms with Gasteiger partial charge in [-0.05, 0) is 26.8 Å². The predicted octanol–water partition coefficient (Wildman–Crippen LogP) is 0.343. The van der Waals surface area contributed by atoms with Crippen LogP contribution in [0.25, 0.3) is 0 Å². The van der Waals surface area contributed by atoms with Gasteiger partial charge in [0, 0.05) is 19.6 Å². The van der Waals surface area contributed by atoms with Crippen molar-refractivity contribution in [3.63, 3.8) is 0 Å². The topological polar surface area (TPSA) is 59.0 Å². The zero-order chi connectivity index (χ0) is 12.1. The molecule has 1 rings (SSSR count). The summed E-state index contributed by atoms with van der Waals surface area (Å²) in [5.41, 5.74) is 2.07. The normalized spacial score (nSPS) is 10.8. The second kappa shape index (κ2) is 5.65. The molecule has 1 amide bonds. The second-order valence-corrected chi connectivity index (χ2v) is 4.23. The minimum atomic E-state index is 0.0221. The van der Waals surface area contributed by atoms with E-state index in [0.717, 1.165) is 11.4 Å². The molecule has 1 aromatic rings. The van der Waals surface area contributed by atoms with Gasteiger partial charge < -0.3 is 10.6 Å². The Morgan fingerprint density at radius 1 is 1.56 bits per heavy atom. The molecule has 0 atom stereocenters. The van der Waals surface area contributed by atoms with Crippen molar-refractivity contribution in [1.82, 2.24) is 20.4 Å². The summed E-state index contributed by atoms with van der Waals surface area (Å²) in [6, 6.07) is 2.20. The average Bonchev–Trinajstić information content (AvgIpc) is 2.44. The molecule has 0 saturated carbocycles. The smallest absolute Gasteiger partial charge is 0.234 e. The maximum absolute atomic E-state index is 11.3. The Balaban J connectivity index is 2.30. The first-order chi connectivity index (χ1) is 7.49. The van der Waals surface area contributed by atoms with Crippen LogP contribution in [-0.2, 0) is 18.4 Å². The first-order valence-electron chi connectivity index (χ1n) is 5.48. The van der Waals surface area contributed by atoms with Gasteiger partial charge in [0.2, 0.25) is 5.91 Å². The molecule has 90 valence electrons. The van der Waals surface area contributed by atoms with E-state index in [-0.39, 0.29) is 11.9 Å². The third-order valence-corrected chi connectivity index (χ3v) is 2.14. The molecule has 5 nitrogen and oxygen atoms in total. The number of aryl methyl sites for hydroxylation is 2. The van der Waals surface area contributed by atoms with E-state index in [4.69, 9.17) is 0 Å². The highest BCUT2D eigenvalue weighted by molar-refractivity contribution is 5.78. The maximum atomic E-state index is 11.3. The molecule has 1 aromatic heterocycles. The third-order valence-electron chi connectivity index (χ3n) is 2.14. The van der Waals surface area contributed by atoms with Crippen LogP contribution in [0, 0.1) is 6.92 Å². The monoisotopic (exact) mass is 224 g/mol. The maximum Gasteiger partial charge on any atom is 0.234 e. The lowest BCUT2D eigenvalue weighted by molar-refractivity contribution is -0.120. The van der Waals surface area contributed by atoms with Crippen LogP contribution in [0.5, 0.6) is 0 Å². The first-order valence-corrected chi connectivity index (χ1v) is 5.48. The van der Waals surface area contributed by atoms with Gasteiger partial charge in [0.25, 0.3) is 0 Å². The molecule has 16 heavy (non-hydrogen) atoms. The molecule has 0 aromatic carbocycles. The Bertz CT molecular complexity index is 357. The summed E-state index contributed by atoms with van der Waals surface area (Å²) in [6.07, 6.45) is 0. The van der Waals surface area contributed by atoms with Crippen LogP contribution in [0.15, 0.2) is 6.07 Å². The van der Waals surface area contributed by atoms with Crippen LogP contribution < -0.4 is 10.6 Å². The molecule has 0 unspecified atom stereocenters. The summed E-state index contributed by atoms with van der Waals surface area (Å²) in [5.74, 6) is 0.0221. The Morgan fingerprint density at radius 2 is 2.25 bits per heavy atom. The van der Waals surface area contributed by atoms with E-state index in [1.807, 2.05) is 38.6 Å². The van der Waals surface area contributed by atoms with Gasteiger partial charge in [-0.2, -0.15) is 5.10 Å². The number of aromatic nitrogens is 2. The molecular formula is C11H20N4O. The molecule has 0 saturated heterocycles. The van der Waals surface area contributed by atoms with E-state index in [0.29, 0.717) is 13.1 Å². The van der Waals surface area contributed by atoms with E-state index in [2.05, 4.69) is 15.7 Å². The number of nitrogens with one attached hydrogen (secondary N) is 2. The summed E-state index contributed by atoms with van der Waals surface area (Å²) in [4.78, 5) is 11.3.